The first kappa shape index (κ1) is 28.3. The van der Waals surface area contributed by atoms with Gasteiger partial charge in [-0.2, -0.15) is 0 Å². The summed E-state index contributed by atoms with van der Waals surface area (Å²) in [6.45, 7) is 16.8. The van der Waals surface area contributed by atoms with Crippen LogP contribution in [0.25, 0.3) is 22.0 Å². The number of pyridine rings is 1. The number of rotatable bonds is 6. The minimum atomic E-state index is -0.608. The van der Waals surface area contributed by atoms with E-state index >= 15 is 0 Å². The van der Waals surface area contributed by atoms with E-state index in [1.165, 1.54) is 0 Å². The first-order chi connectivity index (χ1) is 17.8. The number of morpholine rings is 1. The van der Waals surface area contributed by atoms with Gasteiger partial charge in [-0.15, -0.1) is 0 Å². The fourth-order valence-corrected chi connectivity index (χ4v) is 4.82. The molecule has 7 heteroatoms. The van der Waals surface area contributed by atoms with Crippen LogP contribution in [0.3, 0.4) is 0 Å². The standard InChI is InChI=1S/C31H39ClN2O4/c1-20-18-24-23(12-13-26(33-24)34-14-16-36-17-15-34)28(21-8-10-22(32)11-9-21)27(20)25(38-31(5,6)7)19-37-29(35)30(2,3)4/h8-13,18,25H,14-17,19H2,1-7H3. The second-order valence-electron chi connectivity index (χ2n) is 11.9. The highest BCUT2D eigenvalue weighted by Gasteiger charge is 2.30. The minimum absolute atomic E-state index is 0.111. The van der Waals surface area contributed by atoms with E-state index in [-0.39, 0.29) is 12.6 Å². The quantitative estimate of drug-likeness (QED) is 0.311. The third-order valence-corrected chi connectivity index (χ3v) is 6.74. The number of aromatic nitrogens is 1. The molecule has 0 N–H and O–H groups in total. The molecule has 1 fully saturated rings. The van der Waals surface area contributed by atoms with Crippen molar-refractivity contribution in [3.05, 3.63) is 58.6 Å². The summed E-state index contributed by atoms with van der Waals surface area (Å²) in [5.74, 6) is 0.680. The first-order valence-electron chi connectivity index (χ1n) is 13.2. The number of halogens is 1. The number of fused-ring (bicyclic) bond motifs is 1. The smallest absolute Gasteiger partial charge is 0.311 e. The van der Waals surface area contributed by atoms with Crippen LogP contribution in [-0.4, -0.2) is 49.5 Å². The molecule has 0 amide bonds. The van der Waals surface area contributed by atoms with E-state index in [2.05, 4.69) is 30.0 Å². The monoisotopic (exact) mass is 538 g/mol. The Morgan fingerprint density at radius 3 is 2.32 bits per heavy atom. The van der Waals surface area contributed by atoms with E-state index < -0.39 is 17.1 Å². The SMILES string of the molecule is Cc1cc2nc(N3CCOCC3)ccc2c(-c2ccc(Cl)cc2)c1C(COC(=O)C(C)(C)C)OC(C)(C)C. The Balaban J connectivity index is 1.89. The Bertz CT molecular complexity index is 1290. The summed E-state index contributed by atoms with van der Waals surface area (Å²) in [5.41, 5.74) is 3.86. The van der Waals surface area contributed by atoms with Crippen molar-refractivity contribution in [3.8, 4) is 11.1 Å². The Morgan fingerprint density at radius 2 is 1.71 bits per heavy atom. The van der Waals surface area contributed by atoms with Gasteiger partial charge in [0.2, 0.25) is 0 Å². The van der Waals surface area contributed by atoms with E-state index in [0.717, 1.165) is 52.1 Å². The molecule has 0 radical (unpaired) electrons. The molecule has 3 aromatic rings. The highest BCUT2D eigenvalue weighted by Crippen LogP contribution is 2.41. The molecule has 1 aliphatic rings. The summed E-state index contributed by atoms with van der Waals surface area (Å²) < 4.78 is 17.9. The molecule has 1 saturated heterocycles. The normalized spacial score (nSPS) is 15.5. The number of hydrogen-bond donors (Lipinski definition) is 0. The largest absolute Gasteiger partial charge is 0.462 e. The van der Waals surface area contributed by atoms with Gasteiger partial charge in [-0.25, -0.2) is 4.98 Å². The lowest BCUT2D eigenvalue weighted by molar-refractivity contribution is -0.162. The summed E-state index contributed by atoms with van der Waals surface area (Å²) in [6.07, 6.45) is -0.477. The van der Waals surface area contributed by atoms with Crippen molar-refractivity contribution in [2.45, 2.75) is 60.2 Å². The van der Waals surface area contributed by atoms with Crippen molar-refractivity contribution in [2.75, 3.05) is 37.8 Å². The molecular formula is C31H39ClN2O4. The molecule has 0 bridgehead atoms. The van der Waals surface area contributed by atoms with Gasteiger partial charge in [-0.1, -0.05) is 23.7 Å². The number of ether oxygens (including phenoxy) is 3. The minimum Gasteiger partial charge on any atom is -0.462 e. The summed E-state index contributed by atoms with van der Waals surface area (Å²) in [5, 5.41) is 1.68. The topological polar surface area (TPSA) is 60.9 Å². The summed E-state index contributed by atoms with van der Waals surface area (Å²) in [7, 11) is 0. The second-order valence-corrected chi connectivity index (χ2v) is 12.3. The van der Waals surface area contributed by atoms with Gasteiger partial charge in [0.15, 0.2) is 0 Å². The van der Waals surface area contributed by atoms with E-state index in [1.807, 2.05) is 65.8 Å². The molecule has 38 heavy (non-hydrogen) atoms. The maximum Gasteiger partial charge on any atom is 0.311 e. The maximum absolute atomic E-state index is 12.7. The zero-order valence-electron chi connectivity index (χ0n) is 23.6. The molecule has 0 spiro atoms. The number of nitrogens with zero attached hydrogens (tertiary/aromatic N) is 2. The van der Waals surface area contributed by atoms with E-state index in [9.17, 15) is 4.79 Å². The molecule has 0 aliphatic carbocycles. The van der Waals surface area contributed by atoms with Crippen LogP contribution < -0.4 is 4.90 Å². The van der Waals surface area contributed by atoms with Crippen LogP contribution in [0, 0.1) is 12.3 Å². The van der Waals surface area contributed by atoms with Crippen molar-refractivity contribution in [1.82, 2.24) is 4.98 Å². The Morgan fingerprint density at radius 1 is 1.05 bits per heavy atom. The predicted molar refractivity (Wildman–Crippen MR) is 154 cm³/mol. The maximum atomic E-state index is 12.7. The van der Waals surface area contributed by atoms with Gasteiger partial charge >= 0.3 is 5.97 Å². The molecule has 1 unspecified atom stereocenters. The van der Waals surface area contributed by atoms with Crippen LogP contribution in [0.4, 0.5) is 5.82 Å². The number of esters is 1. The van der Waals surface area contributed by atoms with Crippen LogP contribution in [0.15, 0.2) is 42.5 Å². The van der Waals surface area contributed by atoms with Crippen molar-refractivity contribution in [3.63, 3.8) is 0 Å². The van der Waals surface area contributed by atoms with E-state index in [4.69, 9.17) is 30.8 Å². The average Bonchev–Trinajstić information content (AvgIpc) is 2.85. The van der Waals surface area contributed by atoms with Gasteiger partial charge in [0, 0.05) is 23.5 Å². The first-order valence-corrected chi connectivity index (χ1v) is 13.6. The van der Waals surface area contributed by atoms with Gasteiger partial charge in [0.25, 0.3) is 0 Å². The number of hydrogen-bond acceptors (Lipinski definition) is 6. The highest BCUT2D eigenvalue weighted by molar-refractivity contribution is 6.30. The fourth-order valence-electron chi connectivity index (χ4n) is 4.69. The van der Waals surface area contributed by atoms with Gasteiger partial charge in [-0.05, 0) is 101 Å². The van der Waals surface area contributed by atoms with E-state index in [0.29, 0.717) is 18.2 Å². The highest BCUT2D eigenvalue weighted by atomic mass is 35.5. The molecule has 1 aromatic heterocycles. The average molecular weight is 539 g/mol. The molecule has 1 aliphatic heterocycles. The van der Waals surface area contributed by atoms with Gasteiger partial charge < -0.3 is 19.1 Å². The van der Waals surface area contributed by atoms with Crippen LogP contribution in [0.2, 0.25) is 5.02 Å². The molecule has 2 aromatic carbocycles. The van der Waals surface area contributed by atoms with Crippen molar-refractivity contribution in [1.29, 1.82) is 0 Å². The molecule has 204 valence electrons. The summed E-state index contributed by atoms with van der Waals surface area (Å²) in [6, 6.07) is 14.1. The molecular weight excluding hydrogens is 500 g/mol. The molecule has 0 saturated carbocycles. The summed E-state index contributed by atoms with van der Waals surface area (Å²) in [4.78, 5) is 20.0. The van der Waals surface area contributed by atoms with E-state index in [1.54, 1.807) is 0 Å². The molecule has 4 rings (SSSR count). The number of anilines is 1. The van der Waals surface area contributed by atoms with Crippen LogP contribution in [0.5, 0.6) is 0 Å². The lowest BCUT2D eigenvalue weighted by Crippen LogP contribution is -2.36. The number of carbonyl (C=O) groups excluding carboxylic acids is 1. The van der Waals surface area contributed by atoms with Crippen molar-refractivity contribution < 1.29 is 19.0 Å². The van der Waals surface area contributed by atoms with Crippen LogP contribution >= 0.6 is 11.6 Å². The Kier molecular flexibility index (Phi) is 8.36. The molecule has 1 atom stereocenters. The second kappa shape index (κ2) is 11.2. The van der Waals surface area contributed by atoms with Crippen LogP contribution in [-0.2, 0) is 19.0 Å². The number of carbonyl (C=O) groups is 1. The zero-order chi connectivity index (χ0) is 27.7. The lowest BCUT2D eigenvalue weighted by atomic mass is 9.88. The third-order valence-electron chi connectivity index (χ3n) is 6.49. The zero-order valence-corrected chi connectivity index (χ0v) is 24.3. The Labute approximate surface area is 231 Å². The lowest BCUT2D eigenvalue weighted by Gasteiger charge is -2.32. The van der Waals surface area contributed by atoms with Crippen molar-refractivity contribution >= 4 is 34.3 Å². The Hall–Kier alpha value is -2.67. The molecule has 6 nitrogen and oxygen atoms in total. The summed E-state index contributed by atoms with van der Waals surface area (Å²) >= 11 is 6.26. The van der Waals surface area contributed by atoms with Gasteiger partial charge in [-0.3, -0.25) is 4.79 Å². The third kappa shape index (κ3) is 6.66. The van der Waals surface area contributed by atoms with Crippen LogP contribution in [0.1, 0.15) is 58.8 Å². The van der Waals surface area contributed by atoms with Gasteiger partial charge in [0.1, 0.15) is 18.5 Å². The number of aryl methyl sites for hydroxylation is 1. The predicted octanol–water partition coefficient (Wildman–Crippen LogP) is 7.15. The van der Waals surface area contributed by atoms with Gasteiger partial charge in [0.05, 0.1) is 29.7 Å². The number of benzene rings is 2. The van der Waals surface area contributed by atoms with Crippen molar-refractivity contribution in [2.24, 2.45) is 5.41 Å². The fraction of sp³-hybridized carbons (Fsp3) is 0.484. The molecule has 2 heterocycles.